The van der Waals surface area contributed by atoms with Gasteiger partial charge in [-0.1, -0.05) is 18.2 Å². The van der Waals surface area contributed by atoms with Gasteiger partial charge >= 0.3 is 0 Å². The molecule has 130 valence electrons. The van der Waals surface area contributed by atoms with Crippen LogP contribution in [0, 0.1) is 0 Å². The number of amides is 2. The van der Waals surface area contributed by atoms with Gasteiger partial charge in [0, 0.05) is 23.9 Å². The summed E-state index contributed by atoms with van der Waals surface area (Å²) in [5.41, 5.74) is 2.19. The lowest BCUT2D eigenvalue weighted by molar-refractivity contribution is -0.120. The third kappa shape index (κ3) is 3.15. The fourth-order valence-electron chi connectivity index (χ4n) is 2.89. The minimum atomic E-state index is -0.590. The number of benzene rings is 2. The number of anilines is 1. The van der Waals surface area contributed by atoms with Crippen LogP contribution in [0.2, 0.25) is 0 Å². The smallest absolute Gasteiger partial charge is 0.255 e. The van der Waals surface area contributed by atoms with E-state index in [9.17, 15) is 9.59 Å². The van der Waals surface area contributed by atoms with Gasteiger partial charge < -0.3 is 19.7 Å². The third-order valence-electron chi connectivity index (χ3n) is 4.35. The third-order valence-corrected chi connectivity index (χ3v) is 4.35. The zero-order valence-corrected chi connectivity index (χ0v) is 14.4. The highest BCUT2D eigenvalue weighted by atomic mass is 16.5. The fourth-order valence-corrected chi connectivity index (χ4v) is 2.89. The number of nitrogens with one attached hydrogen (secondary N) is 1. The molecule has 0 unspecified atom stereocenters. The van der Waals surface area contributed by atoms with Crippen molar-refractivity contribution in [1.29, 1.82) is 0 Å². The van der Waals surface area contributed by atoms with Crippen molar-refractivity contribution in [2.75, 3.05) is 19.5 Å². The lowest BCUT2D eigenvalue weighted by Gasteiger charge is -2.23. The highest BCUT2D eigenvalue weighted by molar-refractivity contribution is 6.03. The molecule has 0 bridgehead atoms. The SMILES string of the molecule is COc1ccc(NC(=O)[C@@H](C)N2Cc3ccccc3C2=O)cc1OC. The molecule has 0 fully saturated rings. The van der Waals surface area contributed by atoms with Crippen LogP contribution in [-0.4, -0.2) is 37.0 Å². The Morgan fingerprint density at radius 1 is 1.12 bits per heavy atom. The number of carbonyl (C=O) groups is 2. The molecular weight excluding hydrogens is 320 g/mol. The van der Waals surface area contributed by atoms with Crippen molar-refractivity contribution >= 4 is 17.5 Å². The van der Waals surface area contributed by atoms with Crippen LogP contribution in [0.1, 0.15) is 22.8 Å². The summed E-state index contributed by atoms with van der Waals surface area (Å²) in [6.07, 6.45) is 0. The van der Waals surface area contributed by atoms with Crippen molar-refractivity contribution in [3.05, 3.63) is 53.6 Å². The molecule has 0 spiro atoms. The number of carbonyl (C=O) groups excluding carboxylic acids is 2. The molecule has 25 heavy (non-hydrogen) atoms. The largest absolute Gasteiger partial charge is 0.493 e. The molecule has 2 amide bonds. The first-order valence-electron chi connectivity index (χ1n) is 7.97. The van der Waals surface area contributed by atoms with Crippen molar-refractivity contribution in [2.24, 2.45) is 0 Å². The molecule has 1 heterocycles. The quantitative estimate of drug-likeness (QED) is 0.909. The number of hydrogen-bond donors (Lipinski definition) is 1. The highest BCUT2D eigenvalue weighted by Crippen LogP contribution is 2.30. The standard InChI is InChI=1S/C19H20N2O4/c1-12(21-11-13-6-4-5-7-15(13)19(21)23)18(22)20-14-8-9-16(24-2)17(10-14)25-3/h4-10,12H,11H2,1-3H3,(H,20,22)/t12-/m1/s1. The van der Waals surface area contributed by atoms with E-state index in [4.69, 9.17) is 9.47 Å². The van der Waals surface area contributed by atoms with E-state index in [0.717, 1.165) is 5.56 Å². The average Bonchev–Trinajstić information content (AvgIpc) is 2.98. The van der Waals surface area contributed by atoms with Crippen molar-refractivity contribution < 1.29 is 19.1 Å². The maximum atomic E-state index is 12.6. The van der Waals surface area contributed by atoms with E-state index < -0.39 is 6.04 Å². The molecule has 0 aliphatic carbocycles. The molecule has 2 aromatic rings. The Morgan fingerprint density at radius 2 is 1.84 bits per heavy atom. The minimum Gasteiger partial charge on any atom is -0.493 e. The molecule has 0 saturated carbocycles. The summed E-state index contributed by atoms with van der Waals surface area (Å²) in [7, 11) is 3.08. The highest BCUT2D eigenvalue weighted by Gasteiger charge is 2.33. The van der Waals surface area contributed by atoms with Crippen LogP contribution in [0.25, 0.3) is 0 Å². The number of rotatable bonds is 5. The van der Waals surface area contributed by atoms with Gasteiger partial charge in [-0.2, -0.15) is 0 Å². The summed E-state index contributed by atoms with van der Waals surface area (Å²) in [6.45, 7) is 2.16. The van der Waals surface area contributed by atoms with E-state index >= 15 is 0 Å². The molecule has 0 aromatic heterocycles. The molecule has 3 rings (SSSR count). The van der Waals surface area contributed by atoms with Crippen LogP contribution in [0.4, 0.5) is 5.69 Å². The van der Waals surface area contributed by atoms with Crippen molar-refractivity contribution in [3.8, 4) is 11.5 Å². The molecule has 1 aliphatic rings. The lowest BCUT2D eigenvalue weighted by atomic mass is 10.1. The normalized spacial score (nSPS) is 14.0. The Bertz CT molecular complexity index is 819. The van der Waals surface area contributed by atoms with Crippen molar-refractivity contribution in [3.63, 3.8) is 0 Å². The molecule has 1 aliphatic heterocycles. The van der Waals surface area contributed by atoms with Crippen LogP contribution >= 0.6 is 0 Å². The summed E-state index contributed by atoms with van der Waals surface area (Å²) in [5.74, 6) is 0.732. The summed E-state index contributed by atoms with van der Waals surface area (Å²) in [4.78, 5) is 26.6. The lowest BCUT2D eigenvalue weighted by Crippen LogP contribution is -2.42. The van der Waals surface area contributed by atoms with Crippen LogP contribution in [-0.2, 0) is 11.3 Å². The van der Waals surface area contributed by atoms with Gasteiger partial charge in [0.05, 0.1) is 14.2 Å². The maximum Gasteiger partial charge on any atom is 0.255 e. The van der Waals surface area contributed by atoms with Crippen molar-refractivity contribution in [2.45, 2.75) is 19.5 Å². The van der Waals surface area contributed by atoms with E-state index in [0.29, 0.717) is 29.3 Å². The molecule has 1 atom stereocenters. The number of ether oxygens (including phenoxy) is 2. The second kappa shape index (κ2) is 6.84. The van der Waals surface area contributed by atoms with Gasteiger partial charge in [-0.25, -0.2) is 0 Å². The van der Waals surface area contributed by atoms with Crippen LogP contribution in [0.5, 0.6) is 11.5 Å². The number of methoxy groups -OCH3 is 2. The van der Waals surface area contributed by atoms with Gasteiger partial charge in [-0.15, -0.1) is 0 Å². The second-order valence-corrected chi connectivity index (χ2v) is 5.83. The van der Waals surface area contributed by atoms with E-state index in [1.54, 1.807) is 43.2 Å². The molecule has 0 radical (unpaired) electrons. The zero-order chi connectivity index (χ0) is 18.0. The zero-order valence-electron chi connectivity index (χ0n) is 14.4. The summed E-state index contributed by atoms with van der Waals surface area (Å²) < 4.78 is 10.4. The van der Waals surface area contributed by atoms with Gasteiger partial charge in [-0.3, -0.25) is 9.59 Å². The monoisotopic (exact) mass is 340 g/mol. The average molecular weight is 340 g/mol. The molecular formula is C19H20N2O4. The Hall–Kier alpha value is -3.02. The van der Waals surface area contributed by atoms with E-state index in [-0.39, 0.29) is 11.8 Å². The fraction of sp³-hybridized carbons (Fsp3) is 0.263. The first-order chi connectivity index (χ1) is 12.0. The summed E-state index contributed by atoms with van der Waals surface area (Å²) in [5, 5.41) is 2.82. The predicted octanol–water partition coefficient (Wildman–Crippen LogP) is 2.69. The number of fused-ring (bicyclic) bond motifs is 1. The summed E-state index contributed by atoms with van der Waals surface area (Å²) in [6, 6.07) is 12.0. The van der Waals surface area contributed by atoms with Crippen LogP contribution in [0.15, 0.2) is 42.5 Å². The Kier molecular flexibility index (Phi) is 4.61. The molecule has 6 heteroatoms. The maximum absolute atomic E-state index is 12.6. The molecule has 6 nitrogen and oxygen atoms in total. The molecule has 1 N–H and O–H groups in total. The van der Waals surface area contributed by atoms with Gasteiger partial charge in [0.1, 0.15) is 6.04 Å². The van der Waals surface area contributed by atoms with Gasteiger partial charge in [0.25, 0.3) is 5.91 Å². The second-order valence-electron chi connectivity index (χ2n) is 5.83. The van der Waals surface area contributed by atoms with Gasteiger partial charge in [0.15, 0.2) is 11.5 Å². The summed E-state index contributed by atoms with van der Waals surface area (Å²) >= 11 is 0. The van der Waals surface area contributed by atoms with Crippen LogP contribution < -0.4 is 14.8 Å². The predicted molar refractivity (Wildman–Crippen MR) is 94.0 cm³/mol. The van der Waals surface area contributed by atoms with Crippen LogP contribution in [0.3, 0.4) is 0 Å². The number of nitrogens with zero attached hydrogens (tertiary/aromatic N) is 1. The van der Waals surface area contributed by atoms with E-state index in [1.807, 2.05) is 18.2 Å². The van der Waals surface area contributed by atoms with E-state index in [2.05, 4.69) is 5.32 Å². The first kappa shape index (κ1) is 16.8. The Morgan fingerprint density at radius 3 is 2.52 bits per heavy atom. The van der Waals surface area contributed by atoms with Gasteiger partial charge in [0.2, 0.25) is 5.91 Å². The Labute approximate surface area is 146 Å². The molecule has 2 aromatic carbocycles. The minimum absolute atomic E-state index is 0.120. The number of hydrogen-bond acceptors (Lipinski definition) is 4. The molecule has 0 saturated heterocycles. The Balaban J connectivity index is 1.73. The van der Waals surface area contributed by atoms with E-state index in [1.165, 1.54) is 7.11 Å². The first-order valence-corrected chi connectivity index (χ1v) is 7.97. The van der Waals surface area contributed by atoms with Crippen molar-refractivity contribution in [1.82, 2.24) is 4.90 Å². The topological polar surface area (TPSA) is 67.9 Å². The van der Waals surface area contributed by atoms with Gasteiger partial charge in [-0.05, 0) is 30.7 Å².